The minimum Gasteiger partial charge on any atom is -0.481 e. The van der Waals surface area contributed by atoms with E-state index in [4.69, 9.17) is 5.11 Å². The van der Waals surface area contributed by atoms with Gasteiger partial charge in [0.25, 0.3) is 0 Å². The third kappa shape index (κ3) is 1.89. The van der Waals surface area contributed by atoms with Gasteiger partial charge in [0.1, 0.15) is 5.82 Å². The van der Waals surface area contributed by atoms with Crippen LogP contribution in [0.25, 0.3) is 0 Å². The molecule has 1 saturated carbocycles. The van der Waals surface area contributed by atoms with E-state index in [9.17, 15) is 14.0 Å². The number of fused-ring (bicyclic) bond motifs is 1. The molecule has 19 heavy (non-hydrogen) atoms. The van der Waals surface area contributed by atoms with Crippen molar-refractivity contribution >= 4 is 17.6 Å². The van der Waals surface area contributed by atoms with E-state index in [0.717, 1.165) is 5.56 Å². The van der Waals surface area contributed by atoms with E-state index in [-0.39, 0.29) is 11.7 Å². The van der Waals surface area contributed by atoms with E-state index < -0.39 is 17.8 Å². The van der Waals surface area contributed by atoms with Crippen molar-refractivity contribution in [3.05, 3.63) is 29.6 Å². The number of halogens is 1. The van der Waals surface area contributed by atoms with Gasteiger partial charge in [0.15, 0.2) is 0 Å². The fourth-order valence-electron chi connectivity index (χ4n) is 2.87. The highest BCUT2D eigenvalue weighted by molar-refractivity contribution is 5.99. The number of aliphatic carboxylic acids is 1. The van der Waals surface area contributed by atoms with Crippen molar-refractivity contribution in [1.82, 2.24) is 0 Å². The molecule has 2 atom stereocenters. The number of carboxylic acid groups (broad SMARTS) is 1. The highest BCUT2D eigenvalue weighted by Gasteiger charge is 2.44. The van der Waals surface area contributed by atoms with Crippen LogP contribution in [0.4, 0.5) is 10.1 Å². The van der Waals surface area contributed by atoms with E-state index in [1.807, 2.05) is 0 Å². The maximum atomic E-state index is 13.3. The second-order valence-electron chi connectivity index (χ2n) is 5.14. The molecule has 5 heteroatoms. The average Bonchev–Trinajstić information content (AvgIpc) is 2.69. The van der Waals surface area contributed by atoms with Crippen LogP contribution in [0.5, 0.6) is 0 Å². The first-order chi connectivity index (χ1) is 9.08. The highest BCUT2D eigenvalue weighted by Crippen LogP contribution is 2.39. The van der Waals surface area contributed by atoms with Crippen LogP contribution in [0.3, 0.4) is 0 Å². The lowest BCUT2D eigenvalue weighted by Crippen LogP contribution is -2.45. The molecule has 2 unspecified atom stereocenters. The first kappa shape index (κ1) is 12.1. The molecule has 100 valence electrons. The van der Waals surface area contributed by atoms with Crippen LogP contribution >= 0.6 is 0 Å². The average molecular weight is 263 g/mol. The molecule has 2 aliphatic rings. The number of hydrogen-bond acceptors (Lipinski definition) is 2. The zero-order chi connectivity index (χ0) is 13.6. The summed E-state index contributed by atoms with van der Waals surface area (Å²) in [6.07, 6.45) is 1.86. The molecule has 1 aromatic carbocycles. The standard InChI is InChI=1S/C14H14FNO3/c15-9-2-1-8-5-6-16(12(8)7-9)13(17)10-3-4-11(10)14(18)19/h1-2,7,10-11H,3-6H2,(H,18,19). The van der Waals surface area contributed by atoms with Crippen LogP contribution in [0, 0.1) is 17.7 Å². The molecule has 0 bridgehead atoms. The van der Waals surface area contributed by atoms with Gasteiger partial charge in [-0.05, 0) is 37.0 Å². The summed E-state index contributed by atoms with van der Waals surface area (Å²) in [4.78, 5) is 24.9. The Labute approximate surface area is 109 Å². The maximum absolute atomic E-state index is 13.3. The number of carbonyl (C=O) groups excluding carboxylic acids is 1. The van der Waals surface area contributed by atoms with Crippen molar-refractivity contribution in [3.63, 3.8) is 0 Å². The van der Waals surface area contributed by atoms with Gasteiger partial charge in [-0.3, -0.25) is 9.59 Å². The van der Waals surface area contributed by atoms with Gasteiger partial charge in [0.2, 0.25) is 5.91 Å². The first-order valence-corrected chi connectivity index (χ1v) is 6.40. The molecule has 1 N–H and O–H groups in total. The smallest absolute Gasteiger partial charge is 0.307 e. The van der Waals surface area contributed by atoms with Crippen LogP contribution in [0.2, 0.25) is 0 Å². The molecule has 0 aromatic heterocycles. The van der Waals surface area contributed by atoms with Gasteiger partial charge in [0.05, 0.1) is 11.8 Å². The summed E-state index contributed by atoms with van der Waals surface area (Å²) >= 11 is 0. The lowest BCUT2D eigenvalue weighted by Gasteiger charge is -2.35. The van der Waals surface area contributed by atoms with Crippen LogP contribution < -0.4 is 4.90 Å². The van der Waals surface area contributed by atoms with Crippen molar-refractivity contribution in [2.45, 2.75) is 19.3 Å². The summed E-state index contributed by atoms with van der Waals surface area (Å²) in [6.45, 7) is 0.514. The summed E-state index contributed by atoms with van der Waals surface area (Å²) in [6, 6.07) is 4.43. The van der Waals surface area contributed by atoms with Gasteiger partial charge >= 0.3 is 5.97 Å². The topological polar surface area (TPSA) is 57.6 Å². The molecule has 3 rings (SSSR count). The molecule has 0 spiro atoms. The van der Waals surface area contributed by atoms with E-state index >= 15 is 0 Å². The van der Waals surface area contributed by atoms with Crippen molar-refractivity contribution in [3.8, 4) is 0 Å². The fraction of sp³-hybridized carbons (Fsp3) is 0.429. The zero-order valence-corrected chi connectivity index (χ0v) is 10.3. The molecule has 1 fully saturated rings. The van der Waals surface area contributed by atoms with E-state index in [1.54, 1.807) is 6.07 Å². The Morgan fingerprint density at radius 1 is 1.26 bits per heavy atom. The molecule has 1 aliphatic carbocycles. The van der Waals surface area contributed by atoms with Gasteiger partial charge in [-0.1, -0.05) is 6.07 Å². The van der Waals surface area contributed by atoms with Gasteiger partial charge in [-0.25, -0.2) is 4.39 Å². The Balaban J connectivity index is 1.84. The second kappa shape index (κ2) is 4.33. The summed E-state index contributed by atoms with van der Waals surface area (Å²) < 4.78 is 13.3. The molecule has 0 radical (unpaired) electrons. The molecule has 1 aromatic rings. The summed E-state index contributed by atoms with van der Waals surface area (Å²) in [5.41, 5.74) is 1.54. The van der Waals surface area contributed by atoms with Crippen LogP contribution in [0.1, 0.15) is 18.4 Å². The van der Waals surface area contributed by atoms with Gasteiger partial charge in [-0.2, -0.15) is 0 Å². The largest absolute Gasteiger partial charge is 0.481 e. The number of carbonyl (C=O) groups is 2. The Morgan fingerprint density at radius 2 is 2.00 bits per heavy atom. The van der Waals surface area contributed by atoms with Gasteiger partial charge in [-0.15, -0.1) is 0 Å². The molecular weight excluding hydrogens is 249 g/mol. The first-order valence-electron chi connectivity index (χ1n) is 6.40. The predicted molar refractivity (Wildman–Crippen MR) is 66.3 cm³/mol. The van der Waals surface area contributed by atoms with E-state index in [1.165, 1.54) is 17.0 Å². The number of nitrogens with zero attached hydrogens (tertiary/aromatic N) is 1. The predicted octanol–water partition coefficient (Wildman–Crippen LogP) is 1.83. The second-order valence-corrected chi connectivity index (χ2v) is 5.14. The lowest BCUT2D eigenvalue weighted by atomic mass is 9.73. The monoisotopic (exact) mass is 263 g/mol. The van der Waals surface area contributed by atoms with Crippen molar-refractivity contribution in [2.75, 3.05) is 11.4 Å². The quantitative estimate of drug-likeness (QED) is 0.885. The molecule has 1 heterocycles. The van der Waals surface area contributed by atoms with Gasteiger partial charge < -0.3 is 10.0 Å². The van der Waals surface area contributed by atoms with Crippen molar-refractivity contribution in [2.24, 2.45) is 11.8 Å². The third-order valence-electron chi connectivity index (χ3n) is 4.12. The summed E-state index contributed by atoms with van der Waals surface area (Å²) in [7, 11) is 0. The SMILES string of the molecule is O=C(O)C1CCC1C(=O)N1CCc2ccc(F)cc21. The van der Waals surface area contributed by atoms with Gasteiger partial charge in [0, 0.05) is 12.2 Å². The normalized spacial score (nSPS) is 24.8. The number of carboxylic acids is 1. The molecule has 1 amide bonds. The summed E-state index contributed by atoms with van der Waals surface area (Å²) in [5.74, 6) is -2.50. The number of rotatable bonds is 2. The molecule has 4 nitrogen and oxygen atoms in total. The molecular formula is C14H14FNO3. The minimum absolute atomic E-state index is 0.178. The Kier molecular flexibility index (Phi) is 2.77. The Hall–Kier alpha value is -1.91. The summed E-state index contributed by atoms with van der Waals surface area (Å²) in [5, 5.41) is 9.00. The minimum atomic E-state index is -0.914. The number of anilines is 1. The van der Waals surface area contributed by atoms with Crippen LogP contribution in [-0.4, -0.2) is 23.5 Å². The number of amides is 1. The van der Waals surface area contributed by atoms with Crippen molar-refractivity contribution in [1.29, 1.82) is 0 Å². The fourth-order valence-corrected chi connectivity index (χ4v) is 2.87. The molecule has 1 aliphatic heterocycles. The number of benzene rings is 1. The van der Waals surface area contributed by atoms with Crippen LogP contribution in [0.15, 0.2) is 18.2 Å². The Bertz CT molecular complexity index is 558. The van der Waals surface area contributed by atoms with E-state index in [2.05, 4.69) is 0 Å². The van der Waals surface area contributed by atoms with Crippen LogP contribution in [-0.2, 0) is 16.0 Å². The van der Waals surface area contributed by atoms with E-state index in [0.29, 0.717) is 31.5 Å². The third-order valence-corrected chi connectivity index (χ3v) is 4.12. The zero-order valence-electron chi connectivity index (χ0n) is 10.3. The Morgan fingerprint density at radius 3 is 2.63 bits per heavy atom. The lowest BCUT2D eigenvalue weighted by molar-refractivity contribution is -0.151. The highest BCUT2D eigenvalue weighted by atomic mass is 19.1. The maximum Gasteiger partial charge on any atom is 0.307 e. The number of hydrogen-bond donors (Lipinski definition) is 1. The molecule has 0 saturated heterocycles. The van der Waals surface area contributed by atoms with Crippen molar-refractivity contribution < 1.29 is 19.1 Å².